The fraction of sp³-hybridized carbons (Fsp3) is 0.480. The molecule has 2 aromatic rings. The number of amides is 2. The Labute approximate surface area is 193 Å². The van der Waals surface area contributed by atoms with E-state index in [0.717, 1.165) is 36.9 Å². The molecule has 3 aliphatic rings. The molecular weight excluding hydrogens is 421 g/mol. The third-order valence-electron chi connectivity index (χ3n) is 7.35. The van der Waals surface area contributed by atoms with E-state index in [-0.39, 0.29) is 35.3 Å². The highest BCUT2D eigenvalue weighted by Gasteiger charge is 2.39. The van der Waals surface area contributed by atoms with Crippen LogP contribution in [0, 0.1) is 17.7 Å². The Morgan fingerprint density at radius 3 is 2.73 bits per heavy atom. The van der Waals surface area contributed by atoms with Gasteiger partial charge in [-0.2, -0.15) is 0 Å². The Morgan fingerprint density at radius 1 is 1.12 bits per heavy atom. The zero-order valence-electron chi connectivity index (χ0n) is 18.7. The summed E-state index contributed by atoms with van der Waals surface area (Å²) in [5.41, 5.74) is 8.06. The van der Waals surface area contributed by atoms with Crippen molar-refractivity contribution >= 4 is 17.5 Å². The summed E-state index contributed by atoms with van der Waals surface area (Å²) < 4.78 is 14.7. The number of fused-ring (bicyclic) bond motifs is 1. The first-order chi connectivity index (χ1) is 16.1. The van der Waals surface area contributed by atoms with Gasteiger partial charge in [-0.25, -0.2) is 9.82 Å². The number of benzene rings is 1. The predicted molar refractivity (Wildman–Crippen MR) is 123 cm³/mol. The first kappa shape index (κ1) is 21.8. The standard InChI is InChI=1S/C25H30FN5O2/c26-22-8-7-17(15-23-19-5-1-2-6-20(19)24(32)29-28-23)14-21(22)25(33)31-12-10-30(11-13-31)18-4-3-9-27-16-18/h3-4,7-9,14,16,19-20,23,28H,1-2,5-6,10-13,15H2,(H,29,32). The fourth-order valence-corrected chi connectivity index (χ4v) is 5.53. The van der Waals surface area contributed by atoms with Gasteiger partial charge in [-0.3, -0.25) is 20.0 Å². The molecule has 1 aromatic carbocycles. The average molecular weight is 452 g/mol. The van der Waals surface area contributed by atoms with Gasteiger partial charge in [0.1, 0.15) is 5.82 Å². The molecule has 3 heterocycles. The van der Waals surface area contributed by atoms with Crippen molar-refractivity contribution < 1.29 is 14.0 Å². The van der Waals surface area contributed by atoms with E-state index in [4.69, 9.17) is 0 Å². The number of nitrogens with zero attached hydrogens (tertiary/aromatic N) is 3. The second kappa shape index (κ2) is 9.47. The summed E-state index contributed by atoms with van der Waals surface area (Å²) in [6.45, 7) is 2.45. The maximum Gasteiger partial charge on any atom is 0.256 e. The molecule has 5 rings (SSSR count). The van der Waals surface area contributed by atoms with Crippen LogP contribution >= 0.6 is 0 Å². The Morgan fingerprint density at radius 2 is 1.94 bits per heavy atom. The van der Waals surface area contributed by atoms with E-state index in [1.54, 1.807) is 23.2 Å². The maximum absolute atomic E-state index is 14.7. The lowest BCUT2D eigenvalue weighted by Gasteiger charge is -2.41. The number of hydrazine groups is 1. The number of pyridine rings is 1. The number of rotatable bonds is 4. The van der Waals surface area contributed by atoms with Crippen molar-refractivity contribution in [3.8, 4) is 0 Å². The molecule has 0 bridgehead atoms. The van der Waals surface area contributed by atoms with Crippen LogP contribution in [-0.4, -0.2) is 53.9 Å². The van der Waals surface area contributed by atoms with Crippen molar-refractivity contribution in [2.45, 2.75) is 38.1 Å². The van der Waals surface area contributed by atoms with Crippen LogP contribution in [-0.2, 0) is 11.2 Å². The van der Waals surface area contributed by atoms with E-state index in [9.17, 15) is 14.0 Å². The van der Waals surface area contributed by atoms with E-state index in [2.05, 4.69) is 20.7 Å². The minimum Gasteiger partial charge on any atom is -0.367 e. The summed E-state index contributed by atoms with van der Waals surface area (Å²) in [7, 11) is 0. The van der Waals surface area contributed by atoms with E-state index >= 15 is 0 Å². The lowest BCUT2D eigenvalue weighted by Crippen LogP contribution is -2.60. The van der Waals surface area contributed by atoms with Crippen LogP contribution < -0.4 is 15.8 Å². The molecule has 3 atom stereocenters. The number of halogens is 1. The van der Waals surface area contributed by atoms with Gasteiger partial charge in [0.25, 0.3) is 5.91 Å². The zero-order chi connectivity index (χ0) is 22.8. The van der Waals surface area contributed by atoms with Crippen molar-refractivity contribution in [3.63, 3.8) is 0 Å². The molecule has 0 radical (unpaired) electrons. The minimum absolute atomic E-state index is 0.0441. The van der Waals surface area contributed by atoms with Crippen LogP contribution in [0.25, 0.3) is 0 Å². The van der Waals surface area contributed by atoms with Crippen molar-refractivity contribution in [1.29, 1.82) is 0 Å². The van der Waals surface area contributed by atoms with Gasteiger partial charge in [0.15, 0.2) is 0 Å². The molecule has 2 saturated heterocycles. The first-order valence-electron chi connectivity index (χ1n) is 11.9. The number of piperazine rings is 1. The molecule has 2 amide bonds. The summed E-state index contributed by atoms with van der Waals surface area (Å²) in [5, 5.41) is 0. The fourth-order valence-electron chi connectivity index (χ4n) is 5.53. The normalized spacial score (nSPS) is 25.4. The topological polar surface area (TPSA) is 77.6 Å². The molecule has 3 unspecified atom stereocenters. The highest BCUT2D eigenvalue weighted by atomic mass is 19.1. The Hall–Kier alpha value is -3.00. The lowest BCUT2D eigenvalue weighted by atomic mass is 9.72. The highest BCUT2D eigenvalue weighted by Crippen LogP contribution is 2.35. The van der Waals surface area contributed by atoms with Crippen LogP contribution in [0.4, 0.5) is 10.1 Å². The van der Waals surface area contributed by atoms with Crippen molar-refractivity contribution in [2.75, 3.05) is 31.1 Å². The smallest absolute Gasteiger partial charge is 0.256 e. The average Bonchev–Trinajstić information content (AvgIpc) is 2.87. The van der Waals surface area contributed by atoms with Crippen molar-refractivity contribution in [3.05, 3.63) is 59.7 Å². The molecule has 1 saturated carbocycles. The largest absolute Gasteiger partial charge is 0.367 e. The second-order valence-corrected chi connectivity index (χ2v) is 9.30. The summed E-state index contributed by atoms with van der Waals surface area (Å²) in [4.78, 5) is 33.5. The number of aromatic nitrogens is 1. The Kier molecular flexibility index (Phi) is 6.26. The summed E-state index contributed by atoms with van der Waals surface area (Å²) in [5.74, 6) is -0.351. The van der Waals surface area contributed by atoms with Crippen LogP contribution in [0.3, 0.4) is 0 Å². The SMILES string of the molecule is O=C1NNC(Cc2ccc(F)c(C(=O)N3CCN(c4cccnc4)CC3)c2)C2CCCCC12. The van der Waals surface area contributed by atoms with Gasteiger partial charge in [0.05, 0.1) is 17.4 Å². The van der Waals surface area contributed by atoms with Crippen molar-refractivity contribution in [2.24, 2.45) is 11.8 Å². The Balaban J connectivity index is 1.26. The molecular formula is C25H30FN5O2. The molecule has 3 fully saturated rings. The van der Waals surface area contributed by atoms with Crippen LogP contribution in [0.1, 0.15) is 41.6 Å². The molecule has 7 nitrogen and oxygen atoms in total. The van der Waals surface area contributed by atoms with Gasteiger partial charge in [0, 0.05) is 44.3 Å². The molecule has 33 heavy (non-hydrogen) atoms. The number of hydrogen-bond donors (Lipinski definition) is 2. The molecule has 1 aliphatic carbocycles. The quantitative estimate of drug-likeness (QED) is 0.747. The number of nitrogens with one attached hydrogen (secondary N) is 2. The molecule has 1 aromatic heterocycles. The van der Waals surface area contributed by atoms with Gasteiger partial charge in [-0.15, -0.1) is 0 Å². The highest BCUT2D eigenvalue weighted by molar-refractivity contribution is 5.95. The third-order valence-corrected chi connectivity index (χ3v) is 7.35. The van der Waals surface area contributed by atoms with E-state index in [1.807, 2.05) is 18.3 Å². The van der Waals surface area contributed by atoms with Crippen LogP contribution in [0.15, 0.2) is 42.7 Å². The monoisotopic (exact) mass is 451 g/mol. The maximum atomic E-state index is 14.7. The second-order valence-electron chi connectivity index (χ2n) is 9.30. The van der Waals surface area contributed by atoms with Gasteiger partial charge >= 0.3 is 0 Å². The van der Waals surface area contributed by atoms with Gasteiger partial charge in [-0.05, 0) is 55.0 Å². The van der Waals surface area contributed by atoms with Gasteiger partial charge in [-0.1, -0.05) is 18.9 Å². The zero-order valence-corrected chi connectivity index (χ0v) is 18.7. The number of carbonyl (C=O) groups is 2. The van der Waals surface area contributed by atoms with E-state index < -0.39 is 5.82 Å². The number of anilines is 1. The lowest BCUT2D eigenvalue weighted by molar-refractivity contribution is -0.133. The molecule has 0 spiro atoms. The minimum atomic E-state index is -0.487. The molecule has 2 N–H and O–H groups in total. The van der Waals surface area contributed by atoms with Gasteiger partial charge in [0.2, 0.25) is 5.91 Å². The summed E-state index contributed by atoms with van der Waals surface area (Å²) in [6, 6.07) is 8.84. The molecule has 8 heteroatoms. The molecule has 174 valence electrons. The summed E-state index contributed by atoms with van der Waals surface area (Å²) >= 11 is 0. The summed E-state index contributed by atoms with van der Waals surface area (Å²) in [6.07, 6.45) is 8.37. The predicted octanol–water partition coefficient (Wildman–Crippen LogP) is 2.53. The van der Waals surface area contributed by atoms with Gasteiger partial charge < -0.3 is 9.80 Å². The Bertz CT molecular complexity index is 1010. The van der Waals surface area contributed by atoms with E-state index in [1.165, 1.54) is 6.07 Å². The number of carbonyl (C=O) groups excluding carboxylic acids is 2. The van der Waals surface area contributed by atoms with Crippen LogP contribution in [0.5, 0.6) is 0 Å². The first-order valence-corrected chi connectivity index (χ1v) is 11.9. The third kappa shape index (κ3) is 4.57. The van der Waals surface area contributed by atoms with Crippen LogP contribution in [0.2, 0.25) is 0 Å². The molecule has 2 aliphatic heterocycles. The number of hydrogen-bond acceptors (Lipinski definition) is 5. The van der Waals surface area contributed by atoms with E-state index in [0.29, 0.717) is 32.6 Å². The van der Waals surface area contributed by atoms with Crippen molar-refractivity contribution in [1.82, 2.24) is 20.7 Å².